The maximum Gasteiger partial charge on any atom is 0.410 e. The number of methoxy groups -OCH3 is 2. The molecule has 1 heterocycles. The molecular formula is C33H35NO7. The van der Waals surface area contributed by atoms with Crippen molar-refractivity contribution < 1.29 is 33.3 Å². The fourth-order valence-corrected chi connectivity index (χ4v) is 4.63. The number of amides is 1. The lowest BCUT2D eigenvalue weighted by molar-refractivity contribution is 0.0592. The molecule has 1 atom stereocenters. The Morgan fingerprint density at radius 3 is 2.15 bits per heavy atom. The maximum absolute atomic E-state index is 11.8. The number of nitrogens with zero attached hydrogens (tertiary/aromatic N) is 1. The summed E-state index contributed by atoms with van der Waals surface area (Å²) in [5.41, 5.74) is 4.22. The number of cyclic esters (lactones) is 1. The van der Waals surface area contributed by atoms with Crippen LogP contribution in [0.2, 0.25) is 0 Å². The van der Waals surface area contributed by atoms with Crippen molar-refractivity contribution in [1.29, 1.82) is 0 Å². The summed E-state index contributed by atoms with van der Waals surface area (Å²) in [6.45, 7) is 1.84. The van der Waals surface area contributed by atoms with E-state index in [9.17, 15) is 14.4 Å². The van der Waals surface area contributed by atoms with Crippen LogP contribution < -0.4 is 4.74 Å². The lowest BCUT2D eigenvalue weighted by Crippen LogP contribution is -2.29. The summed E-state index contributed by atoms with van der Waals surface area (Å²) in [7, 11) is 2.74. The summed E-state index contributed by atoms with van der Waals surface area (Å²) in [6, 6.07) is 22.8. The molecule has 0 saturated carbocycles. The molecule has 1 amide bonds. The van der Waals surface area contributed by atoms with Gasteiger partial charge in [-0.15, -0.1) is 0 Å². The third-order valence-corrected chi connectivity index (χ3v) is 6.98. The molecule has 0 N–H and O–H groups in total. The molecule has 1 unspecified atom stereocenters. The molecule has 3 aromatic carbocycles. The zero-order chi connectivity index (χ0) is 29.0. The van der Waals surface area contributed by atoms with Gasteiger partial charge in [-0.2, -0.15) is 0 Å². The molecule has 8 heteroatoms. The Morgan fingerprint density at radius 1 is 0.902 bits per heavy atom. The van der Waals surface area contributed by atoms with E-state index in [1.54, 1.807) is 29.2 Å². The Morgan fingerprint density at radius 2 is 1.54 bits per heavy atom. The SMILES string of the molecule is COC(=O)c1ccc(CCC(C=Cc2ccccc2OCCN2CCOC2=O)Cc2ccc(C(=O)OC)cc2)cc1. The van der Waals surface area contributed by atoms with Crippen molar-refractivity contribution >= 4 is 24.1 Å². The second-order valence-corrected chi connectivity index (χ2v) is 9.73. The van der Waals surface area contributed by atoms with Crippen molar-refractivity contribution in [3.8, 4) is 5.75 Å². The Hall–Kier alpha value is -4.59. The highest BCUT2D eigenvalue weighted by Crippen LogP contribution is 2.24. The zero-order valence-corrected chi connectivity index (χ0v) is 23.4. The molecule has 1 fully saturated rings. The molecule has 8 nitrogen and oxygen atoms in total. The summed E-state index contributed by atoms with van der Waals surface area (Å²) in [5, 5.41) is 0. The van der Waals surface area contributed by atoms with Crippen LogP contribution in [0.3, 0.4) is 0 Å². The van der Waals surface area contributed by atoms with Crippen molar-refractivity contribution in [2.24, 2.45) is 5.92 Å². The smallest absolute Gasteiger partial charge is 0.410 e. The van der Waals surface area contributed by atoms with E-state index in [0.717, 1.165) is 41.7 Å². The van der Waals surface area contributed by atoms with Crippen molar-refractivity contribution in [2.75, 3.05) is 40.5 Å². The monoisotopic (exact) mass is 557 g/mol. The van der Waals surface area contributed by atoms with E-state index in [1.165, 1.54) is 14.2 Å². The molecule has 3 aromatic rings. The molecule has 0 aromatic heterocycles. The van der Waals surface area contributed by atoms with Crippen LogP contribution in [-0.2, 0) is 27.1 Å². The molecule has 0 bridgehead atoms. The number of hydrogen-bond acceptors (Lipinski definition) is 7. The van der Waals surface area contributed by atoms with Gasteiger partial charge in [-0.1, -0.05) is 54.6 Å². The van der Waals surface area contributed by atoms with Gasteiger partial charge in [0.15, 0.2) is 0 Å². The molecule has 41 heavy (non-hydrogen) atoms. The average Bonchev–Trinajstić information content (AvgIpc) is 3.43. The number of esters is 2. The highest BCUT2D eigenvalue weighted by Gasteiger charge is 2.21. The largest absolute Gasteiger partial charge is 0.491 e. The molecular weight excluding hydrogens is 522 g/mol. The second kappa shape index (κ2) is 14.7. The molecule has 1 aliphatic rings. The van der Waals surface area contributed by atoms with E-state index >= 15 is 0 Å². The van der Waals surface area contributed by atoms with Gasteiger partial charge in [-0.05, 0) is 66.6 Å². The summed E-state index contributed by atoms with van der Waals surface area (Å²) >= 11 is 0. The van der Waals surface area contributed by atoms with Crippen LogP contribution in [0, 0.1) is 5.92 Å². The molecule has 1 saturated heterocycles. The predicted molar refractivity (Wildman–Crippen MR) is 155 cm³/mol. The van der Waals surface area contributed by atoms with Crippen molar-refractivity contribution in [2.45, 2.75) is 19.3 Å². The van der Waals surface area contributed by atoms with Gasteiger partial charge in [0.2, 0.25) is 0 Å². The highest BCUT2D eigenvalue weighted by molar-refractivity contribution is 5.89. The van der Waals surface area contributed by atoms with Crippen molar-refractivity contribution in [3.05, 3.63) is 107 Å². The van der Waals surface area contributed by atoms with Crippen LogP contribution in [0.1, 0.15) is 43.8 Å². The van der Waals surface area contributed by atoms with Gasteiger partial charge in [0.25, 0.3) is 0 Å². The fourth-order valence-electron chi connectivity index (χ4n) is 4.63. The quantitative estimate of drug-likeness (QED) is 0.200. The fraction of sp³-hybridized carbons (Fsp3) is 0.303. The number of carbonyl (C=O) groups is 3. The summed E-state index contributed by atoms with van der Waals surface area (Å²) < 4.78 is 20.6. The summed E-state index contributed by atoms with van der Waals surface area (Å²) in [6.07, 6.45) is 6.43. The van der Waals surface area contributed by atoms with E-state index in [1.807, 2.05) is 48.5 Å². The molecule has 214 valence electrons. The number of para-hydroxylation sites is 1. The standard InChI is InChI=1S/C33H35NO7/c1-38-31(35)28-15-9-24(10-16-28)7-8-25(23-26-12-17-29(18-13-26)32(36)39-2)11-14-27-5-3-4-6-30(27)40-21-19-34-20-22-41-33(34)37/h3-6,9-18,25H,7-8,19-23H2,1-2H3. The molecule has 0 aliphatic carbocycles. The highest BCUT2D eigenvalue weighted by atomic mass is 16.6. The van der Waals surface area contributed by atoms with Gasteiger partial charge in [0, 0.05) is 5.56 Å². The minimum absolute atomic E-state index is 0.187. The average molecular weight is 558 g/mol. The van der Waals surface area contributed by atoms with Gasteiger partial charge < -0.3 is 23.8 Å². The van der Waals surface area contributed by atoms with Crippen LogP contribution >= 0.6 is 0 Å². The number of allylic oxidation sites excluding steroid dienone is 1. The van der Waals surface area contributed by atoms with E-state index in [-0.39, 0.29) is 23.9 Å². The lowest BCUT2D eigenvalue weighted by Gasteiger charge is -2.16. The Labute approximate surface area is 240 Å². The van der Waals surface area contributed by atoms with Crippen LogP contribution in [0.25, 0.3) is 6.08 Å². The first-order chi connectivity index (χ1) is 20.0. The van der Waals surface area contributed by atoms with Gasteiger partial charge >= 0.3 is 18.0 Å². The molecule has 0 spiro atoms. The predicted octanol–water partition coefficient (Wildman–Crippen LogP) is 5.60. The first-order valence-corrected chi connectivity index (χ1v) is 13.6. The van der Waals surface area contributed by atoms with Gasteiger partial charge in [-0.25, -0.2) is 14.4 Å². The topological polar surface area (TPSA) is 91.4 Å². The number of ether oxygens (including phenoxy) is 4. The number of aryl methyl sites for hydroxylation is 1. The normalized spacial score (nSPS) is 13.6. The summed E-state index contributed by atoms with van der Waals surface area (Å²) in [4.78, 5) is 37.0. The second-order valence-electron chi connectivity index (χ2n) is 9.73. The van der Waals surface area contributed by atoms with Crippen LogP contribution in [-0.4, -0.2) is 63.5 Å². The molecule has 1 aliphatic heterocycles. The minimum atomic E-state index is -0.360. The van der Waals surface area contributed by atoms with Crippen LogP contribution in [0.4, 0.5) is 4.79 Å². The third-order valence-electron chi connectivity index (χ3n) is 6.98. The van der Waals surface area contributed by atoms with E-state index in [4.69, 9.17) is 18.9 Å². The van der Waals surface area contributed by atoms with Crippen LogP contribution in [0.15, 0.2) is 78.9 Å². The van der Waals surface area contributed by atoms with Gasteiger partial charge in [-0.3, -0.25) is 0 Å². The molecule has 0 radical (unpaired) electrons. The first kappa shape index (κ1) is 29.4. The van der Waals surface area contributed by atoms with Crippen molar-refractivity contribution in [1.82, 2.24) is 4.90 Å². The Balaban J connectivity index is 1.46. The third kappa shape index (κ3) is 8.45. The van der Waals surface area contributed by atoms with Gasteiger partial charge in [0.05, 0.1) is 38.4 Å². The zero-order valence-electron chi connectivity index (χ0n) is 23.4. The lowest BCUT2D eigenvalue weighted by atomic mass is 9.91. The number of hydrogen-bond donors (Lipinski definition) is 0. The Bertz CT molecular complexity index is 1350. The molecule has 4 rings (SSSR count). The Kier molecular flexibility index (Phi) is 10.5. The van der Waals surface area contributed by atoms with E-state index < -0.39 is 0 Å². The summed E-state index contributed by atoms with van der Waals surface area (Å²) in [5.74, 6) is 0.221. The van der Waals surface area contributed by atoms with E-state index in [2.05, 4.69) is 12.2 Å². The number of carbonyl (C=O) groups excluding carboxylic acids is 3. The first-order valence-electron chi connectivity index (χ1n) is 13.6. The maximum atomic E-state index is 11.8. The van der Waals surface area contributed by atoms with Crippen LogP contribution in [0.5, 0.6) is 5.75 Å². The van der Waals surface area contributed by atoms with E-state index in [0.29, 0.717) is 37.4 Å². The van der Waals surface area contributed by atoms with Gasteiger partial charge in [0.1, 0.15) is 19.0 Å². The minimum Gasteiger partial charge on any atom is -0.491 e. The van der Waals surface area contributed by atoms with Crippen molar-refractivity contribution in [3.63, 3.8) is 0 Å². The number of benzene rings is 3. The number of rotatable bonds is 13.